The molecule has 8 heteroatoms. The molecular formula is C10H13N3O4S. The minimum atomic E-state index is -3.86. The number of aryl methyl sites for hydroxylation is 1. The van der Waals surface area contributed by atoms with E-state index in [1.165, 1.54) is 12.1 Å². The summed E-state index contributed by atoms with van der Waals surface area (Å²) >= 11 is 0. The second kappa shape index (κ2) is 4.63. The molecule has 1 saturated heterocycles. The predicted molar refractivity (Wildman–Crippen MR) is 64.8 cm³/mol. The van der Waals surface area contributed by atoms with Crippen molar-refractivity contribution in [3.8, 4) is 0 Å². The third-order valence-corrected chi connectivity index (χ3v) is 4.47. The molecule has 0 spiro atoms. The monoisotopic (exact) mass is 271 g/mol. The molecule has 1 aromatic rings. The Kier molecular flexibility index (Phi) is 3.33. The molecule has 1 heterocycles. The van der Waals surface area contributed by atoms with Crippen LogP contribution in [0.15, 0.2) is 23.1 Å². The van der Waals surface area contributed by atoms with Gasteiger partial charge in [0.25, 0.3) is 5.69 Å². The Hall–Kier alpha value is -1.51. The van der Waals surface area contributed by atoms with Crippen LogP contribution in [0.25, 0.3) is 0 Å². The van der Waals surface area contributed by atoms with Gasteiger partial charge in [0, 0.05) is 25.2 Å². The van der Waals surface area contributed by atoms with Crippen LogP contribution in [0.3, 0.4) is 0 Å². The predicted octanol–water partition coefficient (Wildman–Crippen LogP) is 0.153. The second-order valence-electron chi connectivity index (χ2n) is 4.16. The number of hydrogen-bond acceptors (Lipinski definition) is 5. The van der Waals surface area contributed by atoms with Crippen molar-refractivity contribution in [1.29, 1.82) is 0 Å². The zero-order valence-corrected chi connectivity index (χ0v) is 10.5. The van der Waals surface area contributed by atoms with Crippen molar-refractivity contribution in [2.45, 2.75) is 17.9 Å². The van der Waals surface area contributed by atoms with E-state index in [9.17, 15) is 18.5 Å². The number of nitro groups is 1. The normalized spacial score (nSPS) is 16.3. The van der Waals surface area contributed by atoms with Crippen LogP contribution in [0.1, 0.15) is 5.56 Å². The van der Waals surface area contributed by atoms with Gasteiger partial charge in [0.05, 0.1) is 4.92 Å². The van der Waals surface area contributed by atoms with Crippen LogP contribution < -0.4 is 10.0 Å². The first-order chi connectivity index (χ1) is 8.42. The van der Waals surface area contributed by atoms with E-state index in [4.69, 9.17) is 0 Å². The Labute approximate surface area is 104 Å². The highest BCUT2D eigenvalue weighted by Crippen LogP contribution is 2.26. The van der Waals surface area contributed by atoms with Gasteiger partial charge in [-0.25, -0.2) is 13.1 Å². The Balaban J connectivity index is 2.45. The highest BCUT2D eigenvalue weighted by atomic mass is 32.2. The number of hydrogen-bond donors (Lipinski definition) is 2. The van der Waals surface area contributed by atoms with Gasteiger partial charge in [0.15, 0.2) is 4.90 Å². The summed E-state index contributed by atoms with van der Waals surface area (Å²) in [5.74, 6) is 0. The largest absolute Gasteiger partial charge is 0.313 e. The Morgan fingerprint density at radius 2 is 2.11 bits per heavy atom. The molecule has 0 unspecified atom stereocenters. The Morgan fingerprint density at radius 1 is 1.44 bits per heavy atom. The van der Waals surface area contributed by atoms with E-state index >= 15 is 0 Å². The maximum atomic E-state index is 12.1. The van der Waals surface area contributed by atoms with Crippen LogP contribution >= 0.6 is 0 Å². The zero-order chi connectivity index (χ0) is 13.3. The van der Waals surface area contributed by atoms with Gasteiger partial charge in [-0.05, 0) is 12.5 Å². The SMILES string of the molecule is Cc1cccc([N+](=O)[O-])c1S(=O)(=O)NC1CNC1. The van der Waals surface area contributed by atoms with E-state index in [2.05, 4.69) is 10.0 Å². The first kappa shape index (κ1) is 12.9. The van der Waals surface area contributed by atoms with E-state index in [0.717, 1.165) is 0 Å². The molecule has 2 N–H and O–H groups in total. The summed E-state index contributed by atoms with van der Waals surface area (Å²) in [5, 5.41) is 13.8. The first-order valence-electron chi connectivity index (χ1n) is 5.39. The minimum Gasteiger partial charge on any atom is -0.313 e. The zero-order valence-electron chi connectivity index (χ0n) is 9.71. The van der Waals surface area contributed by atoms with Crippen molar-refractivity contribution >= 4 is 15.7 Å². The third kappa shape index (κ3) is 2.35. The lowest BCUT2D eigenvalue weighted by atomic mass is 10.2. The van der Waals surface area contributed by atoms with Gasteiger partial charge in [-0.15, -0.1) is 0 Å². The average Bonchev–Trinajstić information content (AvgIpc) is 2.23. The van der Waals surface area contributed by atoms with E-state index in [-0.39, 0.29) is 10.9 Å². The van der Waals surface area contributed by atoms with Gasteiger partial charge >= 0.3 is 0 Å². The number of nitro benzene ring substituents is 1. The topological polar surface area (TPSA) is 101 Å². The second-order valence-corrected chi connectivity index (χ2v) is 5.81. The van der Waals surface area contributed by atoms with E-state index < -0.39 is 20.6 Å². The van der Waals surface area contributed by atoms with Gasteiger partial charge in [-0.2, -0.15) is 0 Å². The average molecular weight is 271 g/mol. The number of nitrogens with zero attached hydrogens (tertiary/aromatic N) is 1. The van der Waals surface area contributed by atoms with Gasteiger partial charge < -0.3 is 5.32 Å². The van der Waals surface area contributed by atoms with Crippen LogP contribution in [0.5, 0.6) is 0 Å². The fourth-order valence-corrected chi connectivity index (χ4v) is 3.41. The smallest absolute Gasteiger partial charge is 0.289 e. The molecule has 0 aromatic heterocycles. The molecule has 2 rings (SSSR count). The van der Waals surface area contributed by atoms with Crippen LogP contribution in [0, 0.1) is 17.0 Å². The molecule has 18 heavy (non-hydrogen) atoms. The molecule has 0 saturated carbocycles. The summed E-state index contributed by atoms with van der Waals surface area (Å²) < 4.78 is 26.7. The number of rotatable bonds is 4. The lowest BCUT2D eigenvalue weighted by Gasteiger charge is -2.27. The molecule has 98 valence electrons. The van der Waals surface area contributed by atoms with Crippen molar-refractivity contribution in [1.82, 2.24) is 10.0 Å². The van der Waals surface area contributed by atoms with Gasteiger partial charge in [0.2, 0.25) is 10.0 Å². The molecule has 0 radical (unpaired) electrons. The molecular weight excluding hydrogens is 258 g/mol. The molecule has 1 aliphatic heterocycles. The summed E-state index contributed by atoms with van der Waals surface area (Å²) in [6.45, 7) is 2.62. The molecule has 0 aliphatic carbocycles. The summed E-state index contributed by atoms with van der Waals surface area (Å²) in [4.78, 5) is 9.96. The maximum Gasteiger partial charge on any atom is 0.289 e. The number of sulfonamides is 1. The Morgan fingerprint density at radius 3 is 2.61 bits per heavy atom. The first-order valence-corrected chi connectivity index (χ1v) is 6.87. The molecule has 1 aliphatic rings. The minimum absolute atomic E-state index is 0.200. The van der Waals surface area contributed by atoms with Crippen LogP contribution in [0.4, 0.5) is 5.69 Å². The van der Waals surface area contributed by atoms with Crippen LogP contribution in [0.2, 0.25) is 0 Å². The summed E-state index contributed by atoms with van der Waals surface area (Å²) in [5.41, 5.74) is -0.0289. The fourth-order valence-electron chi connectivity index (χ4n) is 1.78. The standard InChI is InChI=1S/C10H13N3O4S/c1-7-3-2-4-9(13(14)15)10(7)18(16,17)12-8-5-11-6-8/h2-4,8,11-12H,5-6H2,1H3. The van der Waals surface area contributed by atoms with Gasteiger partial charge in [-0.3, -0.25) is 10.1 Å². The Bertz CT molecular complexity index is 581. The number of benzene rings is 1. The number of nitrogens with one attached hydrogen (secondary N) is 2. The van der Waals surface area contributed by atoms with Gasteiger partial charge in [-0.1, -0.05) is 12.1 Å². The lowest BCUT2D eigenvalue weighted by molar-refractivity contribution is -0.387. The summed E-state index contributed by atoms with van der Waals surface area (Å²) in [7, 11) is -3.86. The lowest BCUT2D eigenvalue weighted by Crippen LogP contribution is -2.56. The molecule has 1 aromatic carbocycles. The van der Waals surface area contributed by atoms with Crippen molar-refractivity contribution in [3.63, 3.8) is 0 Å². The van der Waals surface area contributed by atoms with E-state index in [0.29, 0.717) is 18.7 Å². The van der Waals surface area contributed by atoms with Crippen LogP contribution in [-0.2, 0) is 10.0 Å². The molecule has 0 atom stereocenters. The quantitative estimate of drug-likeness (QED) is 0.599. The molecule has 1 fully saturated rings. The summed E-state index contributed by atoms with van der Waals surface area (Å²) in [6.07, 6.45) is 0. The van der Waals surface area contributed by atoms with E-state index in [1.54, 1.807) is 13.0 Å². The summed E-state index contributed by atoms with van der Waals surface area (Å²) in [6, 6.07) is 4.01. The van der Waals surface area contributed by atoms with Crippen molar-refractivity contribution < 1.29 is 13.3 Å². The van der Waals surface area contributed by atoms with Crippen LogP contribution in [-0.4, -0.2) is 32.5 Å². The molecule has 7 nitrogen and oxygen atoms in total. The highest BCUT2D eigenvalue weighted by molar-refractivity contribution is 7.89. The van der Waals surface area contributed by atoms with Gasteiger partial charge in [0.1, 0.15) is 0 Å². The fraction of sp³-hybridized carbons (Fsp3) is 0.400. The highest BCUT2D eigenvalue weighted by Gasteiger charge is 2.31. The maximum absolute atomic E-state index is 12.1. The van der Waals surface area contributed by atoms with Crippen molar-refractivity contribution in [2.24, 2.45) is 0 Å². The third-order valence-electron chi connectivity index (χ3n) is 2.76. The van der Waals surface area contributed by atoms with Crippen molar-refractivity contribution in [2.75, 3.05) is 13.1 Å². The molecule has 0 amide bonds. The van der Waals surface area contributed by atoms with E-state index in [1.807, 2.05) is 0 Å². The van der Waals surface area contributed by atoms with Crippen molar-refractivity contribution in [3.05, 3.63) is 33.9 Å². The molecule has 0 bridgehead atoms.